The number of hydrogen-bond acceptors (Lipinski definition) is 3. The SMILES string of the molecule is CCCCCCCCCCC/C=C/C(=O)NCCS(=O)(=O)O. The Morgan fingerprint density at radius 2 is 1.55 bits per heavy atom. The standard InChI is InChI=1S/C16H31NO4S/c1-2-3-4-5-6-7-8-9-10-11-12-13-16(18)17-14-15-22(19,20)21/h12-13H,2-11,14-15H2,1H3,(H,17,18)(H,19,20,21)/b13-12+. The average molecular weight is 333 g/mol. The van der Waals surface area contributed by atoms with Crippen LogP contribution < -0.4 is 5.32 Å². The fourth-order valence-electron chi connectivity index (χ4n) is 2.13. The number of carbonyl (C=O) groups is 1. The van der Waals surface area contributed by atoms with Crippen LogP contribution in [0.5, 0.6) is 0 Å². The van der Waals surface area contributed by atoms with Gasteiger partial charge in [0.1, 0.15) is 0 Å². The van der Waals surface area contributed by atoms with E-state index in [-0.39, 0.29) is 12.5 Å². The highest BCUT2D eigenvalue weighted by atomic mass is 32.2. The minimum absolute atomic E-state index is 0.0694. The van der Waals surface area contributed by atoms with Crippen LogP contribution in [0.15, 0.2) is 12.2 Å². The van der Waals surface area contributed by atoms with Gasteiger partial charge in [0.2, 0.25) is 5.91 Å². The number of hydrogen-bond donors (Lipinski definition) is 2. The van der Waals surface area contributed by atoms with Gasteiger partial charge in [-0.15, -0.1) is 0 Å². The quantitative estimate of drug-likeness (QED) is 0.290. The van der Waals surface area contributed by atoms with Crippen molar-refractivity contribution in [2.45, 2.75) is 71.1 Å². The van der Waals surface area contributed by atoms with Crippen molar-refractivity contribution >= 4 is 16.0 Å². The molecule has 0 aliphatic carbocycles. The molecule has 0 aromatic rings. The van der Waals surface area contributed by atoms with E-state index < -0.39 is 15.9 Å². The van der Waals surface area contributed by atoms with Gasteiger partial charge in [-0.05, 0) is 18.9 Å². The monoisotopic (exact) mass is 333 g/mol. The van der Waals surface area contributed by atoms with Crippen LogP contribution in [0.1, 0.15) is 71.1 Å². The topological polar surface area (TPSA) is 83.5 Å². The van der Waals surface area contributed by atoms with Gasteiger partial charge in [0.15, 0.2) is 0 Å². The van der Waals surface area contributed by atoms with Crippen LogP contribution in [0.2, 0.25) is 0 Å². The smallest absolute Gasteiger partial charge is 0.266 e. The van der Waals surface area contributed by atoms with Crippen LogP contribution in [0.4, 0.5) is 0 Å². The predicted molar refractivity (Wildman–Crippen MR) is 90.4 cm³/mol. The lowest BCUT2D eigenvalue weighted by molar-refractivity contribution is -0.116. The van der Waals surface area contributed by atoms with E-state index in [0.717, 1.165) is 12.8 Å². The van der Waals surface area contributed by atoms with Gasteiger partial charge in [-0.1, -0.05) is 64.4 Å². The van der Waals surface area contributed by atoms with Gasteiger partial charge in [-0.25, -0.2) is 0 Å². The fraction of sp³-hybridized carbons (Fsp3) is 0.812. The van der Waals surface area contributed by atoms with Crippen molar-refractivity contribution in [3.8, 4) is 0 Å². The third kappa shape index (κ3) is 17.2. The summed E-state index contributed by atoms with van der Waals surface area (Å²) in [4.78, 5) is 11.3. The number of amides is 1. The molecule has 0 bridgehead atoms. The van der Waals surface area contributed by atoms with Crippen molar-refractivity contribution in [1.82, 2.24) is 5.32 Å². The van der Waals surface area contributed by atoms with Gasteiger partial charge in [0.25, 0.3) is 10.1 Å². The molecule has 22 heavy (non-hydrogen) atoms. The molecule has 1 amide bonds. The summed E-state index contributed by atoms with van der Waals surface area (Å²) >= 11 is 0. The summed E-state index contributed by atoms with van der Waals surface area (Å²) in [7, 11) is -4.00. The first-order valence-corrected chi connectivity index (χ1v) is 9.96. The molecule has 0 radical (unpaired) electrons. The van der Waals surface area contributed by atoms with E-state index in [2.05, 4.69) is 12.2 Å². The van der Waals surface area contributed by atoms with Crippen LogP contribution in [0.3, 0.4) is 0 Å². The average Bonchev–Trinajstić information content (AvgIpc) is 2.43. The maximum absolute atomic E-state index is 11.3. The van der Waals surface area contributed by atoms with Gasteiger partial charge < -0.3 is 5.32 Å². The van der Waals surface area contributed by atoms with Crippen LogP contribution in [0, 0.1) is 0 Å². The Hall–Kier alpha value is -0.880. The highest BCUT2D eigenvalue weighted by Crippen LogP contribution is 2.10. The van der Waals surface area contributed by atoms with E-state index in [0.29, 0.717) is 0 Å². The summed E-state index contributed by atoms with van der Waals surface area (Å²) in [6.07, 6.45) is 15.6. The molecule has 0 saturated heterocycles. The lowest BCUT2D eigenvalue weighted by Gasteiger charge is -2.01. The van der Waals surface area contributed by atoms with E-state index in [1.54, 1.807) is 0 Å². The number of unbranched alkanes of at least 4 members (excludes halogenated alkanes) is 9. The van der Waals surface area contributed by atoms with E-state index in [1.807, 2.05) is 6.08 Å². The molecule has 0 unspecified atom stereocenters. The molecule has 0 atom stereocenters. The molecule has 0 saturated carbocycles. The maximum Gasteiger partial charge on any atom is 0.266 e. The highest BCUT2D eigenvalue weighted by molar-refractivity contribution is 7.85. The molecule has 6 heteroatoms. The summed E-state index contributed by atoms with van der Waals surface area (Å²) in [5.74, 6) is -0.773. The molecule has 0 fully saturated rings. The molecule has 0 aliphatic heterocycles. The number of nitrogens with one attached hydrogen (secondary N) is 1. The minimum atomic E-state index is -4.00. The molecule has 0 spiro atoms. The van der Waals surface area contributed by atoms with Gasteiger partial charge in [0.05, 0.1) is 5.75 Å². The normalized spacial score (nSPS) is 11.9. The number of allylic oxidation sites excluding steroid dienone is 1. The van der Waals surface area contributed by atoms with Crippen LogP contribution >= 0.6 is 0 Å². The molecule has 0 aromatic heterocycles. The zero-order chi connectivity index (χ0) is 16.7. The summed E-state index contributed by atoms with van der Waals surface area (Å²) < 4.78 is 29.4. The Morgan fingerprint density at radius 3 is 2.09 bits per heavy atom. The Kier molecular flexibility index (Phi) is 13.2. The third-order valence-electron chi connectivity index (χ3n) is 3.40. The Labute approximate surface area is 135 Å². The molecule has 2 N–H and O–H groups in total. The minimum Gasteiger partial charge on any atom is -0.351 e. The molecular formula is C16H31NO4S. The summed E-state index contributed by atoms with van der Waals surface area (Å²) in [5.41, 5.74) is 0. The van der Waals surface area contributed by atoms with E-state index in [1.165, 1.54) is 57.4 Å². The largest absolute Gasteiger partial charge is 0.351 e. The van der Waals surface area contributed by atoms with Gasteiger partial charge in [-0.3, -0.25) is 9.35 Å². The highest BCUT2D eigenvalue weighted by Gasteiger charge is 2.04. The summed E-state index contributed by atoms with van der Waals surface area (Å²) in [6.45, 7) is 2.16. The Bertz CT molecular complexity index is 404. The summed E-state index contributed by atoms with van der Waals surface area (Å²) in [5, 5.41) is 2.41. The molecule has 0 aromatic carbocycles. The van der Waals surface area contributed by atoms with E-state index >= 15 is 0 Å². The van der Waals surface area contributed by atoms with Crippen molar-refractivity contribution < 1.29 is 17.8 Å². The lowest BCUT2D eigenvalue weighted by Crippen LogP contribution is -2.27. The second kappa shape index (κ2) is 13.8. The molecule has 5 nitrogen and oxygen atoms in total. The first kappa shape index (κ1) is 21.1. The zero-order valence-corrected chi connectivity index (χ0v) is 14.5. The van der Waals surface area contributed by atoms with Gasteiger partial charge >= 0.3 is 0 Å². The third-order valence-corrected chi connectivity index (χ3v) is 4.12. The van der Waals surface area contributed by atoms with Gasteiger partial charge in [0, 0.05) is 6.54 Å². The fourth-order valence-corrected chi connectivity index (χ4v) is 2.49. The van der Waals surface area contributed by atoms with Crippen LogP contribution in [-0.2, 0) is 14.9 Å². The molecule has 0 rings (SSSR count). The van der Waals surface area contributed by atoms with Crippen molar-refractivity contribution in [1.29, 1.82) is 0 Å². The first-order valence-electron chi connectivity index (χ1n) is 8.35. The second-order valence-electron chi connectivity index (χ2n) is 5.60. The van der Waals surface area contributed by atoms with E-state index in [9.17, 15) is 13.2 Å². The van der Waals surface area contributed by atoms with E-state index in [4.69, 9.17) is 4.55 Å². The van der Waals surface area contributed by atoms with Gasteiger partial charge in [-0.2, -0.15) is 8.42 Å². The predicted octanol–water partition coefficient (Wildman–Crippen LogP) is 3.47. The Balaban J connectivity index is 3.37. The summed E-state index contributed by atoms with van der Waals surface area (Å²) in [6, 6.07) is 0. The zero-order valence-electron chi connectivity index (χ0n) is 13.7. The second-order valence-corrected chi connectivity index (χ2v) is 7.17. The van der Waals surface area contributed by atoms with Crippen molar-refractivity contribution in [2.75, 3.05) is 12.3 Å². The molecule has 0 aliphatic rings. The maximum atomic E-state index is 11.3. The lowest BCUT2D eigenvalue weighted by atomic mass is 10.1. The molecular weight excluding hydrogens is 302 g/mol. The van der Waals surface area contributed by atoms with Crippen molar-refractivity contribution in [3.05, 3.63) is 12.2 Å². The first-order chi connectivity index (χ1) is 10.5. The van der Waals surface area contributed by atoms with Crippen molar-refractivity contribution in [3.63, 3.8) is 0 Å². The van der Waals surface area contributed by atoms with Crippen molar-refractivity contribution in [2.24, 2.45) is 0 Å². The number of carbonyl (C=O) groups excluding carboxylic acids is 1. The molecule has 0 heterocycles. The number of rotatable bonds is 14. The van der Waals surface area contributed by atoms with Crippen LogP contribution in [-0.4, -0.2) is 31.2 Å². The van der Waals surface area contributed by atoms with Crippen LogP contribution in [0.25, 0.3) is 0 Å². The molecule has 130 valence electrons. The Morgan fingerprint density at radius 1 is 1.00 bits per heavy atom.